The topological polar surface area (TPSA) is 58.3 Å². The number of rotatable bonds is 3. The molecular formula is C20H22N2O2. The lowest BCUT2D eigenvalue weighted by molar-refractivity contribution is 0.448. The Kier molecular flexibility index (Phi) is 4.06. The third-order valence-corrected chi connectivity index (χ3v) is 4.75. The number of aromatic hydroxyl groups is 2. The van der Waals surface area contributed by atoms with E-state index in [0.29, 0.717) is 23.1 Å². The van der Waals surface area contributed by atoms with Gasteiger partial charge in [-0.15, -0.1) is 0 Å². The molecule has 24 heavy (non-hydrogen) atoms. The number of para-hydroxylation sites is 2. The summed E-state index contributed by atoms with van der Waals surface area (Å²) in [4.78, 5) is 4.64. The van der Waals surface area contributed by atoms with Crippen molar-refractivity contribution in [2.75, 3.05) is 0 Å². The van der Waals surface area contributed by atoms with Crippen LogP contribution in [0.15, 0.2) is 30.3 Å². The average Bonchev–Trinajstić information content (AvgIpc) is 2.91. The van der Waals surface area contributed by atoms with Crippen LogP contribution < -0.4 is 0 Å². The molecule has 0 aliphatic rings. The van der Waals surface area contributed by atoms with E-state index in [2.05, 4.69) is 9.55 Å². The lowest BCUT2D eigenvalue weighted by Crippen LogP contribution is -1.96. The minimum absolute atomic E-state index is 0.226. The van der Waals surface area contributed by atoms with E-state index in [1.807, 2.05) is 64.2 Å². The van der Waals surface area contributed by atoms with Gasteiger partial charge in [0.2, 0.25) is 0 Å². The van der Waals surface area contributed by atoms with Crippen LogP contribution in [0.5, 0.6) is 11.5 Å². The van der Waals surface area contributed by atoms with Gasteiger partial charge in [-0.25, -0.2) is 4.98 Å². The fourth-order valence-electron chi connectivity index (χ4n) is 3.01. The van der Waals surface area contributed by atoms with Gasteiger partial charge in [0.05, 0.1) is 11.0 Å². The largest absolute Gasteiger partial charge is 0.507 e. The maximum absolute atomic E-state index is 10.4. The van der Waals surface area contributed by atoms with Crippen molar-refractivity contribution in [2.24, 2.45) is 7.05 Å². The van der Waals surface area contributed by atoms with Gasteiger partial charge >= 0.3 is 0 Å². The van der Waals surface area contributed by atoms with Gasteiger partial charge < -0.3 is 14.8 Å². The second-order valence-electron chi connectivity index (χ2n) is 6.17. The lowest BCUT2D eigenvalue weighted by Gasteiger charge is -2.13. The number of phenolic OH excluding ortho intramolecular Hbond substituents is 2. The smallest absolute Gasteiger partial charge is 0.126 e. The van der Waals surface area contributed by atoms with Crippen molar-refractivity contribution in [1.82, 2.24) is 9.55 Å². The molecule has 0 atom stereocenters. The Labute approximate surface area is 141 Å². The van der Waals surface area contributed by atoms with Gasteiger partial charge in [-0.1, -0.05) is 24.3 Å². The van der Waals surface area contributed by atoms with Crippen molar-refractivity contribution in [3.8, 4) is 11.5 Å². The summed E-state index contributed by atoms with van der Waals surface area (Å²) >= 11 is 0. The van der Waals surface area contributed by atoms with Gasteiger partial charge in [0, 0.05) is 24.6 Å². The molecule has 2 N–H and O–H groups in total. The molecule has 0 unspecified atom stereocenters. The molecule has 2 aromatic carbocycles. The highest BCUT2D eigenvalue weighted by Crippen LogP contribution is 2.36. The van der Waals surface area contributed by atoms with Crippen molar-refractivity contribution in [3.63, 3.8) is 0 Å². The van der Waals surface area contributed by atoms with Gasteiger partial charge in [-0.05, 0) is 44.0 Å². The number of aryl methyl sites for hydroxylation is 1. The summed E-state index contributed by atoms with van der Waals surface area (Å²) in [7, 11) is 2.00. The summed E-state index contributed by atoms with van der Waals surface area (Å²) in [5, 5.41) is 20.6. The highest BCUT2D eigenvalue weighted by molar-refractivity contribution is 5.76. The quantitative estimate of drug-likeness (QED) is 0.712. The first kappa shape index (κ1) is 16.1. The van der Waals surface area contributed by atoms with Crippen molar-refractivity contribution in [1.29, 1.82) is 0 Å². The molecule has 0 amide bonds. The van der Waals surface area contributed by atoms with E-state index in [9.17, 15) is 10.2 Å². The zero-order valence-electron chi connectivity index (χ0n) is 14.5. The number of hydrogen-bond acceptors (Lipinski definition) is 3. The number of aromatic nitrogens is 2. The maximum atomic E-state index is 10.4. The van der Waals surface area contributed by atoms with E-state index >= 15 is 0 Å². The molecule has 0 saturated heterocycles. The number of fused-ring (bicyclic) bond motifs is 1. The predicted molar refractivity (Wildman–Crippen MR) is 97.4 cm³/mol. The SMILES string of the molecule is Cc1c(C)c(O)c(/C=C/Cc2nc3ccccc3n2C)c(C)c1O. The summed E-state index contributed by atoms with van der Waals surface area (Å²) in [5.41, 5.74) is 4.86. The van der Waals surface area contributed by atoms with Gasteiger partial charge in [0.25, 0.3) is 0 Å². The van der Waals surface area contributed by atoms with Crippen LogP contribution in [0, 0.1) is 20.8 Å². The van der Waals surface area contributed by atoms with Crippen LogP contribution in [-0.2, 0) is 13.5 Å². The molecule has 3 aromatic rings. The zero-order chi connectivity index (χ0) is 17.4. The van der Waals surface area contributed by atoms with E-state index in [1.54, 1.807) is 0 Å². The fraction of sp³-hybridized carbons (Fsp3) is 0.250. The number of benzene rings is 2. The Balaban J connectivity index is 1.93. The van der Waals surface area contributed by atoms with Gasteiger partial charge in [-0.3, -0.25) is 0 Å². The fourth-order valence-corrected chi connectivity index (χ4v) is 3.01. The molecule has 0 saturated carbocycles. The highest BCUT2D eigenvalue weighted by Gasteiger charge is 2.14. The number of nitrogens with zero attached hydrogens (tertiary/aromatic N) is 2. The van der Waals surface area contributed by atoms with Crippen molar-refractivity contribution in [2.45, 2.75) is 27.2 Å². The summed E-state index contributed by atoms with van der Waals surface area (Å²) in [6.45, 7) is 5.44. The third-order valence-electron chi connectivity index (χ3n) is 4.75. The van der Waals surface area contributed by atoms with E-state index in [4.69, 9.17) is 0 Å². The monoisotopic (exact) mass is 322 g/mol. The second-order valence-corrected chi connectivity index (χ2v) is 6.17. The zero-order valence-corrected chi connectivity index (χ0v) is 14.5. The molecular weight excluding hydrogens is 300 g/mol. The summed E-state index contributed by atoms with van der Waals surface area (Å²) < 4.78 is 2.07. The molecule has 1 aromatic heterocycles. The predicted octanol–water partition coefficient (Wildman–Crippen LogP) is 4.17. The standard InChI is InChI=1S/C20H22N2O2/c1-12-13(2)20(24)15(14(3)19(12)23)8-7-11-18-21-16-9-5-6-10-17(16)22(18)4/h5-10,23-24H,11H2,1-4H3/b8-7+. The van der Waals surface area contributed by atoms with E-state index in [1.165, 1.54) is 0 Å². The minimum atomic E-state index is 0.226. The molecule has 4 heteroatoms. The highest BCUT2D eigenvalue weighted by atomic mass is 16.3. The first-order valence-electron chi connectivity index (χ1n) is 8.00. The first-order valence-corrected chi connectivity index (χ1v) is 8.00. The molecule has 0 aliphatic carbocycles. The number of phenols is 2. The summed E-state index contributed by atoms with van der Waals surface area (Å²) in [6, 6.07) is 8.03. The van der Waals surface area contributed by atoms with E-state index in [-0.39, 0.29) is 11.5 Å². The van der Waals surface area contributed by atoms with Crippen molar-refractivity contribution in [3.05, 3.63) is 58.4 Å². The molecule has 0 radical (unpaired) electrons. The molecule has 124 valence electrons. The lowest BCUT2D eigenvalue weighted by atomic mass is 9.97. The van der Waals surface area contributed by atoms with Crippen LogP contribution in [0.1, 0.15) is 28.1 Å². The van der Waals surface area contributed by atoms with Crippen LogP contribution in [0.25, 0.3) is 17.1 Å². The molecule has 4 nitrogen and oxygen atoms in total. The molecule has 0 aliphatic heterocycles. The van der Waals surface area contributed by atoms with Crippen molar-refractivity contribution < 1.29 is 10.2 Å². The summed E-state index contributed by atoms with van der Waals surface area (Å²) in [6.07, 6.45) is 4.48. The Morgan fingerprint density at radius 3 is 2.38 bits per heavy atom. The molecule has 0 fully saturated rings. The van der Waals surface area contributed by atoms with Gasteiger partial charge in [0.1, 0.15) is 17.3 Å². The van der Waals surface area contributed by atoms with Gasteiger partial charge in [0.15, 0.2) is 0 Å². The average molecular weight is 322 g/mol. The van der Waals surface area contributed by atoms with E-state index < -0.39 is 0 Å². The Bertz CT molecular complexity index is 923. The summed E-state index contributed by atoms with van der Waals surface area (Å²) in [5.74, 6) is 1.43. The van der Waals surface area contributed by atoms with Gasteiger partial charge in [-0.2, -0.15) is 0 Å². The normalized spacial score (nSPS) is 11.7. The van der Waals surface area contributed by atoms with E-state index in [0.717, 1.165) is 22.4 Å². The van der Waals surface area contributed by atoms with Crippen LogP contribution in [0.3, 0.4) is 0 Å². The Morgan fingerprint density at radius 2 is 1.67 bits per heavy atom. The number of imidazole rings is 1. The number of allylic oxidation sites excluding steroid dienone is 1. The molecule has 0 spiro atoms. The van der Waals surface area contributed by atoms with Crippen LogP contribution >= 0.6 is 0 Å². The maximum Gasteiger partial charge on any atom is 0.126 e. The minimum Gasteiger partial charge on any atom is -0.507 e. The van der Waals surface area contributed by atoms with Crippen LogP contribution in [0.4, 0.5) is 0 Å². The molecule has 3 rings (SSSR count). The first-order chi connectivity index (χ1) is 11.4. The molecule has 1 heterocycles. The number of hydrogen-bond donors (Lipinski definition) is 2. The Hall–Kier alpha value is -2.75. The van der Waals surface area contributed by atoms with Crippen molar-refractivity contribution >= 4 is 17.1 Å². The van der Waals surface area contributed by atoms with Crippen LogP contribution in [-0.4, -0.2) is 19.8 Å². The second kappa shape index (κ2) is 6.04. The Morgan fingerprint density at radius 1 is 1.00 bits per heavy atom. The third kappa shape index (κ3) is 2.54. The molecule has 0 bridgehead atoms. The van der Waals surface area contributed by atoms with Crippen LogP contribution in [0.2, 0.25) is 0 Å².